The zero-order valence-corrected chi connectivity index (χ0v) is 12.6. The molecule has 0 radical (unpaired) electrons. The van der Waals surface area contributed by atoms with Gasteiger partial charge in [-0.1, -0.05) is 20.8 Å². The first-order valence-corrected chi connectivity index (χ1v) is 7.34. The van der Waals surface area contributed by atoms with Gasteiger partial charge in [0.25, 0.3) is 0 Å². The van der Waals surface area contributed by atoms with Crippen molar-refractivity contribution in [2.45, 2.75) is 45.6 Å². The second-order valence-corrected chi connectivity index (χ2v) is 5.80. The normalized spacial score (nSPS) is 21.0. The van der Waals surface area contributed by atoms with Crippen LogP contribution in [-0.4, -0.2) is 40.4 Å². The summed E-state index contributed by atoms with van der Waals surface area (Å²) < 4.78 is 1.88. The van der Waals surface area contributed by atoms with Crippen LogP contribution in [0.5, 0.6) is 0 Å². The summed E-state index contributed by atoms with van der Waals surface area (Å²) in [6.45, 7) is 9.91. The van der Waals surface area contributed by atoms with E-state index in [1.54, 1.807) is 0 Å². The molecule has 5 nitrogen and oxygen atoms in total. The van der Waals surface area contributed by atoms with E-state index in [0.717, 1.165) is 30.3 Å². The van der Waals surface area contributed by atoms with Crippen LogP contribution in [0.1, 0.15) is 45.2 Å². The summed E-state index contributed by atoms with van der Waals surface area (Å²) in [7, 11) is 1.96. The maximum atomic E-state index is 6.23. The fraction of sp³-hybridized carbons (Fsp3) is 0.786. The first-order valence-electron chi connectivity index (χ1n) is 7.34. The van der Waals surface area contributed by atoms with Gasteiger partial charge < -0.3 is 16.0 Å². The minimum absolute atomic E-state index is 0.361. The number of hydrogen-bond acceptors (Lipinski definition) is 4. The Morgan fingerprint density at radius 2 is 2.21 bits per heavy atom. The molecule has 2 rings (SSSR count). The minimum Gasteiger partial charge on any atom is -0.394 e. The second kappa shape index (κ2) is 5.82. The van der Waals surface area contributed by atoms with Crippen molar-refractivity contribution in [2.75, 3.05) is 30.7 Å². The fourth-order valence-electron chi connectivity index (χ4n) is 2.81. The molecular weight excluding hydrogens is 238 g/mol. The van der Waals surface area contributed by atoms with Crippen LogP contribution in [0.2, 0.25) is 0 Å². The quantitative estimate of drug-likeness (QED) is 0.874. The monoisotopic (exact) mass is 265 g/mol. The van der Waals surface area contributed by atoms with Gasteiger partial charge in [0.05, 0.1) is 11.4 Å². The van der Waals surface area contributed by atoms with Gasteiger partial charge in [-0.05, 0) is 31.8 Å². The molecule has 1 aliphatic rings. The number of likely N-dealkylation sites (tertiary alicyclic amines) is 1. The summed E-state index contributed by atoms with van der Waals surface area (Å²) in [5.41, 5.74) is 8.03. The summed E-state index contributed by atoms with van der Waals surface area (Å²) in [5.74, 6) is 1.34. The molecule has 108 valence electrons. The number of nitrogen functional groups attached to an aromatic ring is 1. The summed E-state index contributed by atoms with van der Waals surface area (Å²) in [6.07, 6.45) is 2.46. The maximum absolute atomic E-state index is 6.23. The maximum Gasteiger partial charge on any atom is 0.148 e. The van der Waals surface area contributed by atoms with Crippen LogP contribution in [0.3, 0.4) is 0 Å². The zero-order valence-electron chi connectivity index (χ0n) is 12.6. The summed E-state index contributed by atoms with van der Waals surface area (Å²) in [6, 6.07) is 0.478. The Kier molecular flexibility index (Phi) is 4.34. The van der Waals surface area contributed by atoms with Gasteiger partial charge >= 0.3 is 0 Å². The highest BCUT2D eigenvalue weighted by atomic mass is 15.3. The molecule has 0 saturated carbocycles. The van der Waals surface area contributed by atoms with E-state index in [-0.39, 0.29) is 0 Å². The molecule has 0 aliphatic carbocycles. The first-order chi connectivity index (χ1) is 9.02. The van der Waals surface area contributed by atoms with E-state index in [0.29, 0.717) is 12.0 Å². The lowest BCUT2D eigenvalue weighted by Crippen LogP contribution is -2.42. The molecule has 1 aromatic rings. The molecule has 1 aromatic heterocycles. The molecule has 1 aliphatic heterocycles. The summed E-state index contributed by atoms with van der Waals surface area (Å²) in [4.78, 5) is 2.48. The molecular formula is C14H27N5. The van der Waals surface area contributed by atoms with Crippen molar-refractivity contribution in [3.63, 3.8) is 0 Å². The molecule has 3 N–H and O–H groups in total. The van der Waals surface area contributed by atoms with Gasteiger partial charge in [0.2, 0.25) is 0 Å². The van der Waals surface area contributed by atoms with Gasteiger partial charge in [0.15, 0.2) is 0 Å². The van der Waals surface area contributed by atoms with E-state index in [9.17, 15) is 0 Å². The number of aromatic nitrogens is 2. The highest BCUT2D eigenvalue weighted by molar-refractivity contribution is 5.66. The number of piperidine rings is 1. The third kappa shape index (κ3) is 3.03. The highest BCUT2D eigenvalue weighted by Gasteiger charge is 2.22. The number of rotatable bonds is 4. The molecule has 1 atom stereocenters. The van der Waals surface area contributed by atoms with Crippen LogP contribution in [0.15, 0.2) is 0 Å². The zero-order chi connectivity index (χ0) is 14.0. The van der Waals surface area contributed by atoms with Crippen molar-refractivity contribution < 1.29 is 0 Å². The van der Waals surface area contributed by atoms with Gasteiger partial charge in [-0.25, -0.2) is 0 Å². The third-order valence-electron chi connectivity index (χ3n) is 3.95. The molecule has 1 fully saturated rings. The Morgan fingerprint density at radius 3 is 2.79 bits per heavy atom. The van der Waals surface area contributed by atoms with Crippen molar-refractivity contribution in [3.8, 4) is 0 Å². The predicted octanol–water partition coefficient (Wildman–Crippen LogP) is 2.02. The second-order valence-electron chi connectivity index (χ2n) is 5.80. The van der Waals surface area contributed by atoms with Crippen LogP contribution >= 0.6 is 0 Å². The van der Waals surface area contributed by atoms with Crippen LogP contribution in [0, 0.1) is 0 Å². The number of hydrogen-bond donors (Lipinski definition) is 2. The predicted molar refractivity (Wildman–Crippen MR) is 80.5 cm³/mol. The lowest BCUT2D eigenvalue weighted by molar-refractivity contribution is 0.226. The van der Waals surface area contributed by atoms with E-state index < -0.39 is 0 Å². The molecule has 0 spiro atoms. The van der Waals surface area contributed by atoms with E-state index in [4.69, 9.17) is 5.73 Å². The number of nitrogens with zero attached hydrogens (tertiary/aromatic N) is 3. The van der Waals surface area contributed by atoms with Crippen molar-refractivity contribution >= 4 is 11.5 Å². The number of nitrogens with one attached hydrogen (secondary N) is 1. The first kappa shape index (κ1) is 14.2. The average Bonchev–Trinajstić information content (AvgIpc) is 2.67. The lowest BCUT2D eigenvalue weighted by Gasteiger charge is -2.32. The van der Waals surface area contributed by atoms with Crippen LogP contribution in [0.25, 0.3) is 0 Å². The Morgan fingerprint density at radius 1 is 1.47 bits per heavy atom. The Balaban J connectivity index is 2.10. The van der Waals surface area contributed by atoms with Gasteiger partial charge in [0, 0.05) is 19.6 Å². The number of likely N-dealkylation sites (N-methyl/N-ethyl adjacent to an activating group) is 1. The Bertz CT molecular complexity index is 424. The van der Waals surface area contributed by atoms with E-state index >= 15 is 0 Å². The largest absolute Gasteiger partial charge is 0.394 e. The Hall–Kier alpha value is -1.23. The summed E-state index contributed by atoms with van der Waals surface area (Å²) >= 11 is 0. The fourth-order valence-corrected chi connectivity index (χ4v) is 2.81. The molecule has 19 heavy (non-hydrogen) atoms. The molecule has 0 amide bonds. The summed E-state index contributed by atoms with van der Waals surface area (Å²) in [5, 5.41) is 8.12. The van der Waals surface area contributed by atoms with E-state index in [2.05, 4.69) is 36.1 Å². The molecule has 1 unspecified atom stereocenters. The molecule has 2 heterocycles. The number of nitrogens with two attached hydrogens (primary N) is 1. The molecule has 0 bridgehead atoms. The smallest absolute Gasteiger partial charge is 0.148 e. The lowest BCUT2D eigenvalue weighted by atomic mass is 10.1. The van der Waals surface area contributed by atoms with Crippen LogP contribution < -0.4 is 11.1 Å². The van der Waals surface area contributed by atoms with Crippen molar-refractivity contribution in [3.05, 3.63) is 5.69 Å². The number of anilines is 2. The Labute approximate surface area is 116 Å². The van der Waals surface area contributed by atoms with Gasteiger partial charge in [-0.15, -0.1) is 0 Å². The molecule has 0 aromatic carbocycles. The minimum atomic E-state index is 0.361. The van der Waals surface area contributed by atoms with Crippen LogP contribution in [-0.2, 0) is 7.05 Å². The van der Waals surface area contributed by atoms with E-state index in [1.807, 2.05) is 11.7 Å². The standard InChI is InChI=1S/C14H27N5/c1-5-19-8-6-7-11(9-19)16-14-12(15)13(10(2)3)17-18(14)4/h10-11,16H,5-9,15H2,1-4H3. The molecule has 1 saturated heterocycles. The van der Waals surface area contributed by atoms with Crippen molar-refractivity contribution in [1.29, 1.82) is 0 Å². The number of aryl methyl sites for hydroxylation is 1. The third-order valence-corrected chi connectivity index (χ3v) is 3.95. The average molecular weight is 265 g/mol. The van der Waals surface area contributed by atoms with Crippen molar-refractivity contribution in [2.24, 2.45) is 7.05 Å². The highest BCUT2D eigenvalue weighted by Crippen LogP contribution is 2.29. The molecule has 5 heteroatoms. The van der Waals surface area contributed by atoms with E-state index in [1.165, 1.54) is 19.4 Å². The van der Waals surface area contributed by atoms with Crippen LogP contribution in [0.4, 0.5) is 11.5 Å². The topological polar surface area (TPSA) is 59.1 Å². The van der Waals surface area contributed by atoms with Crippen molar-refractivity contribution in [1.82, 2.24) is 14.7 Å². The van der Waals surface area contributed by atoms with Gasteiger partial charge in [-0.3, -0.25) is 4.68 Å². The van der Waals surface area contributed by atoms with Gasteiger partial charge in [0.1, 0.15) is 5.82 Å². The van der Waals surface area contributed by atoms with Gasteiger partial charge in [-0.2, -0.15) is 5.10 Å². The SMILES string of the molecule is CCN1CCCC(Nc2c(N)c(C(C)C)nn2C)C1.